The van der Waals surface area contributed by atoms with Crippen molar-refractivity contribution in [3.05, 3.63) is 0 Å². The molecule has 0 bridgehead atoms. The monoisotopic (exact) mass is 1830 g/mol. The third-order valence-electron chi connectivity index (χ3n) is 7.96. The van der Waals surface area contributed by atoms with Crippen molar-refractivity contribution >= 4 is 17.9 Å². The predicted octanol–water partition coefficient (Wildman–Crippen LogP) is 21.8. The SMILES string of the molecule is CCC.CCC.CCC.CCC.CCOC(C)=O.CCOC(C)=O.CCOC(C)=O.CCOCC.CCOCC.CCOCC.CCOCC.CCOCC.CCOCC.CCOCC.CCOCC.CCOCC.CCOCOC.CCOCOC.CCOCOC.CCOCOC.CCOCOC.CCOCOC.CCOCOC.CCOCOC. The molecule has 0 aliphatic heterocycles. The average molecular weight is 1830 g/mol. The molecule has 780 valence electrons. The van der Waals surface area contributed by atoms with E-state index in [2.05, 4.69) is 107 Å². The first-order valence-corrected chi connectivity index (χ1v) is 45.1. The number of carbonyl (C=O) groups excluding carboxylic acids is 3. The molecule has 0 atom stereocenters. The van der Waals surface area contributed by atoms with E-state index in [0.717, 1.165) is 172 Å². The molecule has 31 nitrogen and oxygen atoms in total. The van der Waals surface area contributed by atoms with E-state index >= 15 is 0 Å². The molecule has 0 radical (unpaired) electrons. The number of ether oxygens (including phenoxy) is 28. The van der Waals surface area contributed by atoms with Crippen LogP contribution in [-0.4, -0.2) is 321 Å². The van der Waals surface area contributed by atoms with Gasteiger partial charge in [0.05, 0.1) is 19.8 Å². The van der Waals surface area contributed by atoms with Crippen LogP contribution in [0.1, 0.15) is 303 Å². The largest absolute Gasteiger partial charge is 0.466 e. The highest BCUT2D eigenvalue weighted by molar-refractivity contribution is 5.66. The molecule has 0 fully saturated rings. The van der Waals surface area contributed by atoms with Crippen LogP contribution in [-0.2, 0) is 147 Å². The van der Waals surface area contributed by atoms with Crippen molar-refractivity contribution in [3.63, 3.8) is 0 Å². The second-order valence-corrected chi connectivity index (χ2v) is 19.8. The fourth-order valence-electron chi connectivity index (χ4n) is 3.78. The van der Waals surface area contributed by atoms with E-state index in [1.807, 2.05) is 180 Å². The van der Waals surface area contributed by atoms with Crippen molar-refractivity contribution < 1.29 is 147 Å². The highest BCUT2D eigenvalue weighted by atomic mass is 16.7. The summed E-state index contributed by atoms with van der Waals surface area (Å²) >= 11 is 0. The summed E-state index contributed by atoms with van der Waals surface area (Å²) in [6.07, 6.45) is 5.00. The third-order valence-corrected chi connectivity index (χ3v) is 7.96. The van der Waals surface area contributed by atoms with E-state index in [-0.39, 0.29) is 17.9 Å². The summed E-state index contributed by atoms with van der Waals surface area (Å²) in [5, 5.41) is 0. The number of esters is 3. The van der Waals surface area contributed by atoms with Crippen LogP contribution >= 0.6 is 0 Å². The van der Waals surface area contributed by atoms with Crippen molar-refractivity contribution in [2.45, 2.75) is 303 Å². The second kappa shape index (κ2) is 294. The minimum atomic E-state index is -0.211. The molecule has 0 aromatic heterocycles. The van der Waals surface area contributed by atoms with Gasteiger partial charge in [0.25, 0.3) is 0 Å². The Bertz CT molecular complexity index is 932. The van der Waals surface area contributed by atoms with E-state index in [9.17, 15) is 14.4 Å². The Kier molecular flexibility index (Phi) is 442. The van der Waals surface area contributed by atoms with Crippen LogP contribution in [0.5, 0.6) is 0 Å². The Hall–Kier alpha value is -2.59. The normalized spacial score (nSPS) is 8.29. The standard InChI is InChI=1S/8C4H10O2.3C4H8O2.9C4H10O.4C3H8/c8*1-3-6-4-5-2;3*1-3-6-4(2)5;9*1-3-5-4-2;4*1-3-2/h8*3-4H2,1-2H3;3*3H2,1-2H3;9*3-4H2,1-2H3;4*3H2,1-2H3. The maximum absolute atomic E-state index is 9.82. The highest BCUT2D eigenvalue weighted by Gasteiger charge is 1.84. The summed E-state index contributed by atoms with van der Waals surface area (Å²) in [4.78, 5) is 29.5. The van der Waals surface area contributed by atoms with Gasteiger partial charge >= 0.3 is 17.9 Å². The molecule has 0 saturated carbocycles. The van der Waals surface area contributed by atoms with Crippen molar-refractivity contribution in [1.82, 2.24) is 0 Å². The lowest BCUT2D eigenvalue weighted by molar-refractivity contribution is -0.141. The summed E-state index contributed by atoms with van der Waals surface area (Å²) in [6, 6.07) is 0. The zero-order valence-electron chi connectivity index (χ0n) is 91.1. The van der Waals surface area contributed by atoms with Crippen molar-refractivity contribution in [2.24, 2.45) is 0 Å². The molecule has 0 rings (SSSR count). The van der Waals surface area contributed by atoms with Crippen molar-refractivity contribution in [2.75, 3.05) is 303 Å². The molecule has 0 heterocycles. The summed E-state index contributed by atoms with van der Waals surface area (Å²) in [6.45, 7) is 104. The Labute approximate surface area is 767 Å². The molecule has 0 amide bonds. The first kappa shape index (κ1) is 185. The summed E-state index contributed by atoms with van der Waals surface area (Å²) in [7, 11) is 12.9. The molecule has 0 spiro atoms. The first-order valence-electron chi connectivity index (χ1n) is 45.1. The van der Waals surface area contributed by atoms with Crippen LogP contribution in [0.25, 0.3) is 0 Å². The Balaban J connectivity index is -0.0000000379. The van der Waals surface area contributed by atoms with Crippen molar-refractivity contribution in [1.29, 1.82) is 0 Å². The first-order chi connectivity index (χ1) is 59.0. The maximum Gasteiger partial charge on any atom is 0.302 e. The summed E-state index contributed by atoms with van der Waals surface area (Å²) in [5.41, 5.74) is 0. The number of hydrogen-bond donors (Lipinski definition) is 0. The minimum Gasteiger partial charge on any atom is -0.466 e. The van der Waals surface area contributed by atoms with Gasteiger partial charge in [-0.3, -0.25) is 14.4 Å². The molecule has 0 aromatic carbocycles. The van der Waals surface area contributed by atoms with E-state index in [1.54, 1.807) is 77.6 Å². The lowest BCUT2D eigenvalue weighted by Gasteiger charge is -1.93. The molecular formula is C92H226O31. The maximum atomic E-state index is 9.82. The average Bonchev–Trinajstić information content (AvgIpc) is 2.03. The fourth-order valence-corrected chi connectivity index (χ4v) is 3.78. The van der Waals surface area contributed by atoms with Gasteiger partial charge in [0, 0.05) is 249 Å². The smallest absolute Gasteiger partial charge is 0.302 e. The quantitative estimate of drug-likeness (QED) is 0.0237. The summed E-state index contributed by atoms with van der Waals surface area (Å²) in [5.74, 6) is -0.632. The number of methoxy groups -OCH3 is 8. The molecule has 0 aliphatic rings. The van der Waals surface area contributed by atoms with Crippen LogP contribution in [0, 0.1) is 0 Å². The zero-order valence-corrected chi connectivity index (χ0v) is 91.1. The molecule has 0 N–H and O–H groups in total. The number of hydrogen-bond acceptors (Lipinski definition) is 31. The highest BCUT2D eigenvalue weighted by Crippen LogP contribution is 1.78. The molecular weight excluding hydrogens is 1600 g/mol. The van der Waals surface area contributed by atoms with Gasteiger partial charge in [-0.25, -0.2) is 0 Å². The van der Waals surface area contributed by atoms with Gasteiger partial charge in [-0.05, 0) is 201 Å². The van der Waals surface area contributed by atoms with Crippen LogP contribution in [0.2, 0.25) is 0 Å². The molecule has 31 heteroatoms. The van der Waals surface area contributed by atoms with E-state index in [0.29, 0.717) is 74.2 Å². The van der Waals surface area contributed by atoms with E-state index in [1.165, 1.54) is 46.5 Å². The van der Waals surface area contributed by atoms with Crippen LogP contribution in [0.4, 0.5) is 0 Å². The molecule has 0 aliphatic carbocycles. The van der Waals surface area contributed by atoms with Gasteiger partial charge in [-0.1, -0.05) is 81.1 Å². The summed E-state index contributed by atoms with van der Waals surface area (Å²) < 4.78 is 131. The lowest BCUT2D eigenvalue weighted by Crippen LogP contribution is -1.95. The van der Waals surface area contributed by atoms with Crippen LogP contribution < -0.4 is 0 Å². The second-order valence-electron chi connectivity index (χ2n) is 19.8. The number of rotatable bonds is 45. The molecule has 0 aromatic rings. The third kappa shape index (κ3) is 702. The molecule has 0 unspecified atom stereocenters. The molecule has 0 saturated heterocycles. The predicted molar refractivity (Wildman–Crippen MR) is 518 cm³/mol. The van der Waals surface area contributed by atoms with Gasteiger partial charge < -0.3 is 133 Å². The zero-order chi connectivity index (χ0) is 102. The van der Waals surface area contributed by atoms with Gasteiger partial charge in [0.1, 0.15) is 54.3 Å². The van der Waals surface area contributed by atoms with Gasteiger partial charge in [-0.2, -0.15) is 0 Å². The number of carbonyl (C=O) groups is 3. The van der Waals surface area contributed by atoms with Crippen LogP contribution in [0.3, 0.4) is 0 Å². The Morgan fingerprint density at radius 1 is 0.130 bits per heavy atom. The lowest BCUT2D eigenvalue weighted by atomic mass is 10.6. The van der Waals surface area contributed by atoms with Gasteiger partial charge in [0.15, 0.2) is 0 Å². The Morgan fingerprint density at radius 3 is 0.203 bits per heavy atom. The topological polar surface area (TPSA) is 310 Å². The van der Waals surface area contributed by atoms with Crippen molar-refractivity contribution in [3.8, 4) is 0 Å². The van der Waals surface area contributed by atoms with Gasteiger partial charge in [0.2, 0.25) is 0 Å². The van der Waals surface area contributed by atoms with Gasteiger partial charge in [-0.15, -0.1) is 0 Å². The fraction of sp³-hybridized carbons (Fsp3) is 0.967. The molecule has 123 heavy (non-hydrogen) atoms. The van der Waals surface area contributed by atoms with E-state index in [4.69, 9.17) is 80.5 Å². The Morgan fingerprint density at radius 2 is 0.195 bits per heavy atom. The van der Waals surface area contributed by atoms with Crippen LogP contribution in [0.15, 0.2) is 0 Å². The minimum absolute atomic E-state index is 0.211. The van der Waals surface area contributed by atoms with E-state index < -0.39 is 0 Å².